The molecule has 0 radical (unpaired) electrons. The minimum Gasteiger partial charge on any atom is -0.389 e. The lowest BCUT2D eigenvalue weighted by atomic mass is 9.57. The summed E-state index contributed by atoms with van der Waals surface area (Å²) in [5.41, 5.74) is -1.67. The van der Waals surface area contributed by atoms with Crippen LogP contribution in [0.5, 0.6) is 0 Å². The van der Waals surface area contributed by atoms with Crippen LogP contribution in [0.4, 0.5) is 0 Å². The number of hydrogen-bond acceptors (Lipinski definition) is 3. The van der Waals surface area contributed by atoms with Crippen molar-refractivity contribution in [2.24, 2.45) is 11.8 Å². The van der Waals surface area contributed by atoms with Crippen LogP contribution < -0.4 is 0 Å². The number of aliphatic hydroxyl groups is 2. The minimum atomic E-state index is -0.943. The van der Waals surface area contributed by atoms with Crippen molar-refractivity contribution in [3.8, 4) is 0 Å². The molecule has 0 heterocycles. The highest BCUT2D eigenvalue weighted by Gasteiger charge is 2.55. The SMILES string of the molecule is O=C1CCCC[C@@H]1[C@]1(O)CCCC[C@@H]1C1(O)CCCCC1. The molecule has 0 spiro atoms. The average Bonchev–Trinajstić information content (AvgIpc) is 2.48. The Balaban J connectivity index is 1.87. The number of rotatable bonds is 2. The zero-order valence-electron chi connectivity index (χ0n) is 13.1. The monoisotopic (exact) mass is 294 g/mol. The Hall–Kier alpha value is -0.410. The summed E-state index contributed by atoms with van der Waals surface area (Å²) >= 11 is 0. The number of Topliss-reactive ketones (excluding diaryl/α,β-unsaturated/α-hetero) is 1. The Labute approximate surface area is 128 Å². The van der Waals surface area contributed by atoms with Gasteiger partial charge >= 0.3 is 0 Å². The fraction of sp³-hybridized carbons (Fsp3) is 0.944. The summed E-state index contributed by atoms with van der Waals surface area (Å²) in [4.78, 5) is 12.4. The lowest BCUT2D eigenvalue weighted by Gasteiger charge is -2.53. The van der Waals surface area contributed by atoms with Crippen LogP contribution in [0.1, 0.15) is 83.5 Å². The third-order valence-electron chi connectivity index (χ3n) is 6.45. The molecule has 3 rings (SSSR count). The molecule has 3 fully saturated rings. The van der Waals surface area contributed by atoms with Crippen LogP contribution in [0.3, 0.4) is 0 Å². The molecule has 2 N–H and O–H groups in total. The van der Waals surface area contributed by atoms with E-state index in [1.54, 1.807) is 0 Å². The van der Waals surface area contributed by atoms with Crippen LogP contribution in [0.2, 0.25) is 0 Å². The molecule has 3 heteroatoms. The second kappa shape index (κ2) is 6.00. The van der Waals surface area contributed by atoms with Gasteiger partial charge in [-0.15, -0.1) is 0 Å². The van der Waals surface area contributed by atoms with Crippen LogP contribution in [0.25, 0.3) is 0 Å². The number of hydrogen-bond donors (Lipinski definition) is 2. The Morgan fingerprint density at radius 2 is 1.48 bits per heavy atom. The molecule has 3 atom stereocenters. The molecule has 0 saturated heterocycles. The molecule has 0 aromatic heterocycles. The van der Waals surface area contributed by atoms with Gasteiger partial charge in [-0.05, 0) is 38.5 Å². The summed E-state index contributed by atoms with van der Waals surface area (Å²) in [5.74, 6) is -0.0661. The van der Waals surface area contributed by atoms with Crippen LogP contribution in [-0.2, 0) is 4.79 Å². The number of carbonyl (C=O) groups excluding carboxylic acids is 1. The van der Waals surface area contributed by atoms with E-state index < -0.39 is 11.2 Å². The normalized spacial score (nSPS) is 41.0. The van der Waals surface area contributed by atoms with Crippen molar-refractivity contribution in [2.75, 3.05) is 0 Å². The lowest BCUT2D eigenvalue weighted by Crippen LogP contribution is -2.59. The maximum Gasteiger partial charge on any atom is 0.138 e. The van der Waals surface area contributed by atoms with Gasteiger partial charge in [0.15, 0.2) is 0 Å². The highest BCUT2D eigenvalue weighted by Crippen LogP contribution is 2.51. The van der Waals surface area contributed by atoms with Gasteiger partial charge < -0.3 is 10.2 Å². The molecule has 0 aromatic carbocycles. The third kappa shape index (κ3) is 2.79. The van der Waals surface area contributed by atoms with Gasteiger partial charge in [0.2, 0.25) is 0 Å². The van der Waals surface area contributed by atoms with Gasteiger partial charge in [0.1, 0.15) is 5.78 Å². The summed E-state index contributed by atoms with van der Waals surface area (Å²) in [7, 11) is 0. The maximum atomic E-state index is 12.4. The van der Waals surface area contributed by atoms with E-state index in [9.17, 15) is 15.0 Å². The van der Waals surface area contributed by atoms with Gasteiger partial charge in [0.25, 0.3) is 0 Å². The van der Waals surface area contributed by atoms with E-state index in [1.807, 2.05) is 0 Å². The van der Waals surface area contributed by atoms with Crippen molar-refractivity contribution in [1.29, 1.82) is 0 Å². The molecular formula is C18H30O3. The first kappa shape index (κ1) is 15.5. The van der Waals surface area contributed by atoms with Gasteiger partial charge in [0.05, 0.1) is 11.2 Å². The summed E-state index contributed by atoms with van der Waals surface area (Å²) < 4.78 is 0. The molecule has 0 unspecified atom stereocenters. The van der Waals surface area contributed by atoms with Crippen molar-refractivity contribution in [3.05, 3.63) is 0 Å². The summed E-state index contributed by atoms with van der Waals surface area (Å²) in [6.07, 6.45) is 12.0. The van der Waals surface area contributed by atoms with E-state index in [2.05, 4.69) is 0 Å². The zero-order valence-corrected chi connectivity index (χ0v) is 13.1. The molecular weight excluding hydrogens is 264 g/mol. The van der Waals surface area contributed by atoms with Gasteiger partial charge in [-0.2, -0.15) is 0 Å². The van der Waals surface area contributed by atoms with Crippen LogP contribution in [0, 0.1) is 11.8 Å². The maximum absolute atomic E-state index is 12.4. The molecule has 3 saturated carbocycles. The third-order valence-corrected chi connectivity index (χ3v) is 6.45. The molecule has 0 amide bonds. The zero-order chi connectivity index (χ0) is 14.9. The Morgan fingerprint density at radius 1 is 0.810 bits per heavy atom. The van der Waals surface area contributed by atoms with E-state index in [0.29, 0.717) is 12.8 Å². The van der Waals surface area contributed by atoms with E-state index in [4.69, 9.17) is 0 Å². The summed E-state index contributed by atoms with van der Waals surface area (Å²) in [6.45, 7) is 0. The largest absolute Gasteiger partial charge is 0.389 e. The van der Waals surface area contributed by atoms with Gasteiger partial charge in [-0.25, -0.2) is 0 Å². The fourth-order valence-electron chi connectivity index (χ4n) is 5.36. The van der Waals surface area contributed by atoms with Crippen molar-refractivity contribution >= 4 is 5.78 Å². The average molecular weight is 294 g/mol. The van der Waals surface area contributed by atoms with Gasteiger partial charge in [-0.1, -0.05) is 38.5 Å². The van der Waals surface area contributed by atoms with Gasteiger partial charge in [0, 0.05) is 18.3 Å². The summed E-state index contributed by atoms with van der Waals surface area (Å²) in [6, 6.07) is 0. The highest BCUT2D eigenvalue weighted by atomic mass is 16.3. The molecule has 3 aliphatic rings. The molecule has 3 nitrogen and oxygen atoms in total. The van der Waals surface area contributed by atoms with Gasteiger partial charge in [-0.3, -0.25) is 4.79 Å². The second-order valence-corrected chi connectivity index (χ2v) is 7.72. The Bertz CT molecular complexity index is 386. The van der Waals surface area contributed by atoms with Crippen molar-refractivity contribution < 1.29 is 15.0 Å². The second-order valence-electron chi connectivity index (χ2n) is 7.72. The van der Waals surface area contributed by atoms with E-state index in [0.717, 1.165) is 64.2 Å². The smallest absolute Gasteiger partial charge is 0.138 e. The Morgan fingerprint density at radius 3 is 2.19 bits per heavy atom. The summed E-state index contributed by atoms with van der Waals surface area (Å²) in [5, 5.41) is 22.6. The number of ketones is 1. The van der Waals surface area contributed by atoms with Crippen LogP contribution in [0.15, 0.2) is 0 Å². The van der Waals surface area contributed by atoms with Crippen LogP contribution >= 0.6 is 0 Å². The first-order valence-corrected chi connectivity index (χ1v) is 9.04. The van der Waals surface area contributed by atoms with Crippen LogP contribution in [-0.4, -0.2) is 27.2 Å². The lowest BCUT2D eigenvalue weighted by molar-refractivity contribution is -0.187. The predicted molar refractivity (Wildman–Crippen MR) is 81.9 cm³/mol. The minimum absolute atomic E-state index is 0.0916. The number of carbonyl (C=O) groups is 1. The first-order valence-electron chi connectivity index (χ1n) is 9.04. The van der Waals surface area contributed by atoms with Crippen molar-refractivity contribution in [1.82, 2.24) is 0 Å². The topological polar surface area (TPSA) is 57.5 Å². The standard InChI is InChI=1S/C18H30O3/c19-15-9-3-2-8-14(15)18(21)13-7-4-10-16(18)17(20)11-5-1-6-12-17/h14,16,20-21H,1-13H2/t14-,16+,18+/m0/s1. The van der Waals surface area contributed by atoms with E-state index >= 15 is 0 Å². The molecule has 3 aliphatic carbocycles. The van der Waals surface area contributed by atoms with E-state index in [1.165, 1.54) is 6.42 Å². The fourth-order valence-corrected chi connectivity index (χ4v) is 5.36. The first-order chi connectivity index (χ1) is 10.1. The molecule has 0 aliphatic heterocycles. The predicted octanol–water partition coefficient (Wildman–Crippen LogP) is 3.36. The molecule has 120 valence electrons. The highest BCUT2D eigenvalue weighted by molar-refractivity contribution is 5.83. The quantitative estimate of drug-likeness (QED) is 0.821. The Kier molecular flexibility index (Phi) is 4.42. The molecule has 21 heavy (non-hydrogen) atoms. The molecule has 0 bridgehead atoms. The van der Waals surface area contributed by atoms with E-state index in [-0.39, 0.29) is 17.6 Å². The van der Waals surface area contributed by atoms with Crippen molar-refractivity contribution in [2.45, 2.75) is 94.7 Å². The molecule has 0 aromatic rings. The van der Waals surface area contributed by atoms with Crippen molar-refractivity contribution in [3.63, 3.8) is 0 Å².